The van der Waals surface area contributed by atoms with E-state index >= 15 is 0 Å². The van der Waals surface area contributed by atoms with E-state index in [4.69, 9.17) is 5.11 Å². The molecule has 0 aliphatic rings. The Balaban J connectivity index is 2.85. The third-order valence-electron chi connectivity index (χ3n) is 1.74. The molecule has 0 aliphatic heterocycles. The van der Waals surface area contributed by atoms with Gasteiger partial charge in [-0.25, -0.2) is 14.3 Å². The van der Waals surface area contributed by atoms with Crippen molar-refractivity contribution in [2.75, 3.05) is 0 Å². The van der Waals surface area contributed by atoms with Crippen LogP contribution >= 0.6 is 15.9 Å². The summed E-state index contributed by atoms with van der Waals surface area (Å²) < 4.78 is 2.11. The Labute approximate surface area is 87.5 Å². The van der Waals surface area contributed by atoms with Crippen molar-refractivity contribution in [2.24, 2.45) is 0 Å². The lowest BCUT2D eigenvalue weighted by Crippen LogP contribution is -2.01. The first-order valence-corrected chi connectivity index (χ1v) is 4.63. The zero-order valence-electron chi connectivity index (χ0n) is 7.23. The monoisotopic (exact) mass is 255 g/mol. The molecule has 14 heavy (non-hydrogen) atoms. The van der Waals surface area contributed by atoms with Crippen molar-refractivity contribution in [3.8, 4) is 0 Å². The second-order valence-electron chi connectivity index (χ2n) is 2.80. The van der Waals surface area contributed by atoms with Gasteiger partial charge in [0, 0.05) is 10.7 Å². The molecular formula is C8H6BrN3O2. The number of pyridine rings is 1. The molecule has 0 aliphatic carbocycles. The van der Waals surface area contributed by atoms with E-state index in [1.807, 2.05) is 0 Å². The molecule has 2 heterocycles. The number of nitrogens with zero attached hydrogens (tertiary/aromatic N) is 3. The van der Waals surface area contributed by atoms with E-state index in [9.17, 15) is 4.79 Å². The van der Waals surface area contributed by atoms with Crippen LogP contribution in [0.1, 0.15) is 16.2 Å². The fraction of sp³-hybridized carbons (Fsp3) is 0.125. The van der Waals surface area contributed by atoms with E-state index in [-0.39, 0.29) is 5.56 Å². The van der Waals surface area contributed by atoms with Gasteiger partial charge in [-0.2, -0.15) is 5.10 Å². The van der Waals surface area contributed by atoms with Gasteiger partial charge in [0.05, 0.1) is 0 Å². The van der Waals surface area contributed by atoms with E-state index in [1.165, 1.54) is 10.6 Å². The van der Waals surface area contributed by atoms with Gasteiger partial charge >= 0.3 is 5.97 Å². The first kappa shape index (κ1) is 9.14. The lowest BCUT2D eigenvalue weighted by molar-refractivity contribution is 0.0698. The maximum absolute atomic E-state index is 10.9. The van der Waals surface area contributed by atoms with E-state index in [2.05, 4.69) is 26.0 Å². The van der Waals surface area contributed by atoms with Crippen molar-refractivity contribution in [2.45, 2.75) is 6.92 Å². The molecule has 0 radical (unpaired) electrons. The Morgan fingerprint density at radius 2 is 2.36 bits per heavy atom. The molecule has 2 aromatic rings. The largest absolute Gasteiger partial charge is 0.478 e. The van der Waals surface area contributed by atoms with Crippen LogP contribution in [0.2, 0.25) is 0 Å². The van der Waals surface area contributed by atoms with Crippen LogP contribution in [0, 0.1) is 6.92 Å². The summed E-state index contributed by atoms with van der Waals surface area (Å²) in [7, 11) is 0. The minimum Gasteiger partial charge on any atom is -0.478 e. The van der Waals surface area contributed by atoms with E-state index < -0.39 is 5.97 Å². The molecular weight excluding hydrogens is 250 g/mol. The Morgan fingerprint density at radius 3 is 3.00 bits per heavy atom. The molecule has 0 saturated carbocycles. The molecule has 2 aromatic heterocycles. The molecule has 72 valence electrons. The molecule has 0 spiro atoms. The number of hydrogen-bond donors (Lipinski definition) is 1. The lowest BCUT2D eigenvalue weighted by Gasteiger charge is -1.97. The lowest BCUT2D eigenvalue weighted by atomic mass is 10.3. The third kappa shape index (κ3) is 1.37. The zero-order chi connectivity index (χ0) is 10.3. The van der Waals surface area contributed by atoms with Crippen LogP contribution in [0.4, 0.5) is 0 Å². The number of carboxylic acid groups (broad SMARTS) is 1. The number of rotatable bonds is 1. The maximum atomic E-state index is 10.9. The molecule has 0 saturated heterocycles. The van der Waals surface area contributed by atoms with Gasteiger partial charge in [0.2, 0.25) is 0 Å². The Hall–Kier alpha value is -1.43. The van der Waals surface area contributed by atoms with Gasteiger partial charge in [0.1, 0.15) is 11.4 Å². The zero-order valence-corrected chi connectivity index (χ0v) is 8.82. The molecule has 6 heteroatoms. The SMILES string of the molecule is Cc1nc2c(C(=O)O)cc(Br)cn2n1. The van der Waals surface area contributed by atoms with E-state index in [0.717, 1.165) is 0 Å². The average molecular weight is 256 g/mol. The van der Waals surface area contributed by atoms with Gasteiger partial charge in [-0.1, -0.05) is 0 Å². The first-order chi connectivity index (χ1) is 6.58. The number of hydrogen-bond acceptors (Lipinski definition) is 3. The fourth-order valence-corrected chi connectivity index (χ4v) is 1.64. The van der Waals surface area contributed by atoms with Gasteiger partial charge in [0.15, 0.2) is 5.65 Å². The highest BCUT2D eigenvalue weighted by molar-refractivity contribution is 9.10. The summed E-state index contributed by atoms with van der Waals surface area (Å²) >= 11 is 3.21. The molecule has 2 rings (SSSR count). The van der Waals surface area contributed by atoms with Gasteiger partial charge in [-0.05, 0) is 28.9 Å². The standard InChI is InChI=1S/C8H6BrN3O2/c1-4-10-7-6(8(13)14)2-5(9)3-12(7)11-4/h2-3H,1H3,(H,13,14). The smallest absolute Gasteiger partial charge is 0.339 e. The summed E-state index contributed by atoms with van der Waals surface area (Å²) in [5, 5.41) is 12.9. The Bertz CT molecular complexity index is 521. The van der Waals surface area contributed by atoms with Gasteiger partial charge in [-0.15, -0.1) is 0 Å². The normalized spacial score (nSPS) is 10.7. The second-order valence-corrected chi connectivity index (χ2v) is 3.72. The second kappa shape index (κ2) is 3.06. The predicted octanol–water partition coefficient (Wildman–Crippen LogP) is 1.50. The minimum absolute atomic E-state index is 0.139. The van der Waals surface area contributed by atoms with Crippen molar-refractivity contribution in [1.82, 2.24) is 14.6 Å². The maximum Gasteiger partial charge on any atom is 0.339 e. The van der Waals surface area contributed by atoms with Crippen LogP contribution in [-0.2, 0) is 0 Å². The van der Waals surface area contributed by atoms with Gasteiger partial charge in [-0.3, -0.25) is 0 Å². The molecule has 0 aromatic carbocycles. The van der Waals surface area contributed by atoms with Crippen molar-refractivity contribution in [1.29, 1.82) is 0 Å². The molecule has 0 bridgehead atoms. The van der Waals surface area contributed by atoms with Crippen molar-refractivity contribution in [3.05, 3.63) is 28.1 Å². The molecule has 5 nitrogen and oxygen atoms in total. The van der Waals surface area contributed by atoms with Gasteiger partial charge in [0.25, 0.3) is 0 Å². The number of aryl methyl sites for hydroxylation is 1. The van der Waals surface area contributed by atoms with Crippen LogP contribution < -0.4 is 0 Å². The average Bonchev–Trinajstić information content (AvgIpc) is 2.42. The van der Waals surface area contributed by atoms with Gasteiger partial charge < -0.3 is 5.11 Å². The minimum atomic E-state index is -1.01. The predicted molar refractivity (Wildman–Crippen MR) is 52.4 cm³/mol. The number of fused-ring (bicyclic) bond motifs is 1. The molecule has 0 amide bonds. The number of carboxylic acids is 1. The van der Waals surface area contributed by atoms with Crippen LogP contribution in [0.3, 0.4) is 0 Å². The number of halogens is 1. The van der Waals surface area contributed by atoms with E-state index in [1.54, 1.807) is 13.1 Å². The molecule has 0 atom stereocenters. The Morgan fingerprint density at radius 1 is 1.64 bits per heavy atom. The highest BCUT2D eigenvalue weighted by Crippen LogP contribution is 2.16. The fourth-order valence-electron chi connectivity index (χ4n) is 1.22. The summed E-state index contributed by atoms with van der Waals surface area (Å²) in [5.74, 6) is -0.464. The highest BCUT2D eigenvalue weighted by atomic mass is 79.9. The van der Waals surface area contributed by atoms with Crippen molar-refractivity contribution >= 4 is 27.5 Å². The van der Waals surface area contributed by atoms with Crippen molar-refractivity contribution < 1.29 is 9.90 Å². The summed E-state index contributed by atoms with van der Waals surface area (Å²) in [4.78, 5) is 14.9. The van der Waals surface area contributed by atoms with Crippen LogP contribution in [0.15, 0.2) is 16.7 Å². The summed E-state index contributed by atoms with van der Waals surface area (Å²) in [6.45, 7) is 1.71. The number of aromatic nitrogens is 3. The molecule has 0 fully saturated rings. The summed E-state index contributed by atoms with van der Waals surface area (Å²) in [5.41, 5.74) is 0.498. The molecule has 0 unspecified atom stereocenters. The Kier molecular flexibility index (Phi) is 1.99. The third-order valence-corrected chi connectivity index (χ3v) is 2.17. The number of carbonyl (C=O) groups is 1. The van der Waals surface area contributed by atoms with Crippen molar-refractivity contribution in [3.63, 3.8) is 0 Å². The quantitative estimate of drug-likeness (QED) is 0.839. The first-order valence-electron chi connectivity index (χ1n) is 3.84. The summed E-state index contributed by atoms with van der Waals surface area (Å²) in [6.07, 6.45) is 1.67. The van der Waals surface area contributed by atoms with Crippen LogP contribution in [0.5, 0.6) is 0 Å². The van der Waals surface area contributed by atoms with Crippen LogP contribution in [0.25, 0.3) is 5.65 Å². The van der Waals surface area contributed by atoms with E-state index in [0.29, 0.717) is 15.9 Å². The topological polar surface area (TPSA) is 67.5 Å². The molecule has 1 N–H and O–H groups in total. The highest BCUT2D eigenvalue weighted by Gasteiger charge is 2.12. The summed E-state index contributed by atoms with van der Waals surface area (Å²) in [6, 6.07) is 1.51. The van der Waals surface area contributed by atoms with Crippen LogP contribution in [-0.4, -0.2) is 25.7 Å². The number of aromatic carboxylic acids is 1.